The van der Waals surface area contributed by atoms with Crippen LogP contribution in [0.4, 0.5) is 0 Å². The maximum Gasteiger partial charge on any atom is 0.316 e. The van der Waals surface area contributed by atoms with Gasteiger partial charge in [-0.3, -0.25) is 0 Å². The van der Waals surface area contributed by atoms with E-state index in [9.17, 15) is 5.11 Å². The standard InChI is InChI=1S/C18H16N2O3/c1-22-13-9-7-12(8-10-13)15-11-19-18(23-2)20-17(15)14-5-3-4-6-16(14)21/h3-11,21H,1-2H3. The van der Waals surface area contributed by atoms with Gasteiger partial charge in [0, 0.05) is 17.3 Å². The van der Waals surface area contributed by atoms with Gasteiger partial charge in [0.05, 0.1) is 19.9 Å². The average Bonchev–Trinajstić information content (AvgIpc) is 2.62. The van der Waals surface area contributed by atoms with Crippen LogP contribution in [0.3, 0.4) is 0 Å². The summed E-state index contributed by atoms with van der Waals surface area (Å²) in [6.45, 7) is 0. The molecule has 0 fully saturated rings. The number of para-hydroxylation sites is 1. The first-order valence-corrected chi connectivity index (χ1v) is 7.06. The molecule has 0 amide bonds. The zero-order valence-electron chi connectivity index (χ0n) is 12.9. The van der Waals surface area contributed by atoms with E-state index in [0.717, 1.165) is 16.9 Å². The summed E-state index contributed by atoms with van der Waals surface area (Å²) >= 11 is 0. The first-order chi connectivity index (χ1) is 11.2. The molecule has 0 aliphatic carbocycles. The van der Waals surface area contributed by atoms with Gasteiger partial charge in [-0.25, -0.2) is 4.98 Å². The summed E-state index contributed by atoms with van der Waals surface area (Å²) in [4.78, 5) is 8.60. The van der Waals surface area contributed by atoms with Gasteiger partial charge in [0.2, 0.25) is 0 Å². The Kier molecular flexibility index (Phi) is 4.10. The molecule has 0 bridgehead atoms. The first kappa shape index (κ1) is 14.8. The molecule has 0 aliphatic rings. The van der Waals surface area contributed by atoms with E-state index >= 15 is 0 Å². The predicted octanol–water partition coefficient (Wildman–Crippen LogP) is 3.53. The van der Waals surface area contributed by atoms with Crippen molar-refractivity contribution in [1.82, 2.24) is 9.97 Å². The van der Waals surface area contributed by atoms with Gasteiger partial charge in [0.25, 0.3) is 0 Å². The van der Waals surface area contributed by atoms with Crippen molar-refractivity contribution in [3.63, 3.8) is 0 Å². The van der Waals surface area contributed by atoms with Gasteiger partial charge in [-0.15, -0.1) is 0 Å². The fraction of sp³-hybridized carbons (Fsp3) is 0.111. The Morgan fingerprint density at radius 2 is 1.61 bits per heavy atom. The van der Waals surface area contributed by atoms with Gasteiger partial charge in [-0.1, -0.05) is 24.3 Å². The molecule has 5 heteroatoms. The molecule has 0 radical (unpaired) electrons. The Morgan fingerprint density at radius 1 is 0.870 bits per heavy atom. The summed E-state index contributed by atoms with van der Waals surface area (Å²) in [5, 5.41) is 10.2. The second kappa shape index (κ2) is 6.36. The number of nitrogens with zero attached hydrogens (tertiary/aromatic N) is 2. The van der Waals surface area contributed by atoms with Crippen LogP contribution in [0.2, 0.25) is 0 Å². The highest BCUT2D eigenvalue weighted by molar-refractivity contribution is 5.83. The van der Waals surface area contributed by atoms with Crippen molar-refractivity contribution in [2.45, 2.75) is 0 Å². The van der Waals surface area contributed by atoms with E-state index in [1.54, 1.807) is 25.4 Å². The van der Waals surface area contributed by atoms with Gasteiger partial charge in [0.1, 0.15) is 11.5 Å². The Labute approximate surface area is 134 Å². The number of rotatable bonds is 4. The molecule has 0 saturated carbocycles. The molecular formula is C18H16N2O3. The second-order valence-corrected chi connectivity index (χ2v) is 4.86. The molecule has 23 heavy (non-hydrogen) atoms. The minimum Gasteiger partial charge on any atom is -0.507 e. The lowest BCUT2D eigenvalue weighted by Crippen LogP contribution is -1.97. The molecular weight excluding hydrogens is 292 g/mol. The fourth-order valence-corrected chi connectivity index (χ4v) is 2.33. The van der Waals surface area contributed by atoms with Crippen molar-refractivity contribution >= 4 is 0 Å². The number of hydrogen-bond donors (Lipinski definition) is 1. The van der Waals surface area contributed by atoms with Gasteiger partial charge in [0.15, 0.2) is 0 Å². The molecule has 1 N–H and O–H groups in total. The summed E-state index contributed by atoms with van der Waals surface area (Å²) in [5.74, 6) is 0.926. The van der Waals surface area contributed by atoms with E-state index in [1.807, 2.05) is 36.4 Å². The third-order valence-electron chi connectivity index (χ3n) is 3.51. The minimum atomic E-state index is 0.156. The monoisotopic (exact) mass is 308 g/mol. The molecule has 3 aromatic rings. The minimum absolute atomic E-state index is 0.156. The molecule has 3 rings (SSSR count). The molecule has 0 saturated heterocycles. The molecule has 0 spiro atoms. The number of benzene rings is 2. The number of phenols is 1. The smallest absolute Gasteiger partial charge is 0.316 e. The van der Waals surface area contributed by atoms with Crippen LogP contribution in [-0.2, 0) is 0 Å². The Morgan fingerprint density at radius 3 is 2.26 bits per heavy atom. The van der Waals surface area contributed by atoms with Crippen molar-refractivity contribution in [1.29, 1.82) is 0 Å². The predicted molar refractivity (Wildman–Crippen MR) is 87.7 cm³/mol. The summed E-state index contributed by atoms with van der Waals surface area (Å²) in [6, 6.07) is 14.9. The Balaban J connectivity index is 2.18. The van der Waals surface area contributed by atoms with E-state index in [1.165, 1.54) is 7.11 Å². The molecule has 5 nitrogen and oxygen atoms in total. The van der Waals surface area contributed by atoms with Crippen LogP contribution < -0.4 is 9.47 Å². The van der Waals surface area contributed by atoms with Crippen LogP contribution in [0.5, 0.6) is 17.5 Å². The van der Waals surface area contributed by atoms with Crippen LogP contribution in [0.1, 0.15) is 0 Å². The van der Waals surface area contributed by atoms with Gasteiger partial charge in [-0.2, -0.15) is 4.98 Å². The normalized spacial score (nSPS) is 10.3. The molecule has 1 heterocycles. The van der Waals surface area contributed by atoms with E-state index in [2.05, 4.69) is 9.97 Å². The first-order valence-electron chi connectivity index (χ1n) is 7.06. The largest absolute Gasteiger partial charge is 0.507 e. The van der Waals surface area contributed by atoms with Crippen LogP contribution in [-0.4, -0.2) is 29.3 Å². The number of phenolic OH excluding ortho intramolecular Hbond substituents is 1. The molecule has 1 aromatic heterocycles. The zero-order valence-corrected chi connectivity index (χ0v) is 12.9. The van der Waals surface area contributed by atoms with Crippen LogP contribution in [0.25, 0.3) is 22.4 Å². The molecule has 2 aromatic carbocycles. The maximum atomic E-state index is 10.2. The lowest BCUT2D eigenvalue weighted by atomic mass is 10.00. The van der Waals surface area contributed by atoms with Gasteiger partial charge >= 0.3 is 6.01 Å². The number of methoxy groups -OCH3 is 2. The SMILES string of the molecule is COc1ccc(-c2cnc(OC)nc2-c2ccccc2O)cc1. The van der Waals surface area contributed by atoms with Crippen molar-refractivity contribution in [2.24, 2.45) is 0 Å². The second-order valence-electron chi connectivity index (χ2n) is 4.86. The van der Waals surface area contributed by atoms with Crippen molar-refractivity contribution in [3.8, 4) is 39.9 Å². The molecule has 0 atom stereocenters. The van der Waals surface area contributed by atoms with Gasteiger partial charge < -0.3 is 14.6 Å². The fourth-order valence-electron chi connectivity index (χ4n) is 2.33. The Bertz CT molecular complexity index is 817. The van der Waals surface area contributed by atoms with Gasteiger partial charge in [-0.05, 0) is 29.8 Å². The highest BCUT2D eigenvalue weighted by atomic mass is 16.5. The Hall–Kier alpha value is -3.08. The number of hydrogen-bond acceptors (Lipinski definition) is 5. The third kappa shape index (κ3) is 2.94. The van der Waals surface area contributed by atoms with Crippen LogP contribution >= 0.6 is 0 Å². The third-order valence-corrected chi connectivity index (χ3v) is 3.51. The molecule has 0 aliphatic heterocycles. The highest BCUT2D eigenvalue weighted by Gasteiger charge is 2.14. The summed E-state index contributed by atoms with van der Waals surface area (Å²) < 4.78 is 10.3. The lowest BCUT2D eigenvalue weighted by Gasteiger charge is -2.11. The van der Waals surface area contributed by atoms with Crippen molar-refractivity contribution < 1.29 is 14.6 Å². The average molecular weight is 308 g/mol. The number of aromatic nitrogens is 2. The number of aromatic hydroxyl groups is 1. The lowest BCUT2D eigenvalue weighted by molar-refractivity contribution is 0.380. The van der Waals surface area contributed by atoms with Crippen molar-refractivity contribution in [2.75, 3.05) is 14.2 Å². The summed E-state index contributed by atoms with van der Waals surface area (Å²) in [7, 11) is 3.13. The zero-order chi connectivity index (χ0) is 16.2. The molecule has 116 valence electrons. The highest BCUT2D eigenvalue weighted by Crippen LogP contribution is 2.36. The van der Waals surface area contributed by atoms with E-state index < -0.39 is 0 Å². The number of ether oxygens (including phenoxy) is 2. The van der Waals surface area contributed by atoms with E-state index in [0.29, 0.717) is 11.3 Å². The van der Waals surface area contributed by atoms with Crippen LogP contribution in [0.15, 0.2) is 54.7 Å². The maximum absolute atomic E-state index is 10.2. The van der Waals surface area contributed by atoms with Crippen LogP contribution in [0, 0.1) is 0 Å². The summed E-state index contributed by atoms with van der Waals surface area (Å²) in [5.41, 5.74) is 2.96. The van der Waals surface area contributed by atoms with Crippen molar-refractivity contribution in [3.05, 3.63) is 54.7 Å². The quantitative estimate of drug-likeness (QED) is 0.798. The molecule has 0 unspecified atom stereocenters. The van der Waals surface area contributed by atoms with E-state index in [-0.39, 0.29) is 11.8 Å². The summed E-state index contributed by atoms with van der Waals surface area (Å²) in [6.07, 6.45) is 1.69. The topological polar surface area (TPSA) is 64.5 Å². The van der Waals surface area contributed by atoms with E-state index in [4.69, 9.17) is 9.47 Å².